The molecule has 0 bridgehead atoms. The summed E-state index contributed by atoms with van der Waals surface area (Å²) >= 11 is 10.1. The fraction of sp³-hybridized carbons (Fsp3) is 0.0909. The molecule has 0 aliphatic heterocycles. The molecule has 2 rings (SSSR count). The largest absolute Gasteiger partial charge is 0.276 e. The molecule has 0 saturated heterocycles. The minimum Gasteiger partial charge on any atom is -0.276 e. The van der Waals surface area contributed by atoms with Crippen LogP contribution in [0.4, 0.5) is 10.1 Å². The second kappa shape index (κ2) is 5.40. The predicted molar refractivity (Wildman–Crippen MR) is 79.0 cm³/mol. The highest BCUT2D eigenvalue weighted by atomic mass is 79.9. The molecule has 0 spiro atoms. The van der Waals surface area contributed by atoms with E-state index in [4.69, 9.17) is 11.6 Å². The molecule has 1 aromatic heterocycles. The average Bonchev–Trinajstić information content (AvgIpc) is 2.71. The summed E-state index contributed by atoms with van der Waals surface area (Å²) in [6, 6.07) is 5.40. The third kappa shape index (κ3) is 3.28. The zero-order valence-electron chi connectivity index (χ0n) is 9.58. The van der Waals surface area contributed by atoms with E-state index in [0.717, 1.165) is 28.3 Å². The Morgan fingerprint density at radius 1 is 1.37 bits per heavy atom. The van der Waals surface area contributed by atoms with E-state index in [1.54, 1.807) is 6.07 Å². The Morgan fingerprint density at radius 2 is 2.05 bits per heavy atom. The summed E-state index contributed by atoms with van der Waals surface area (Å²) in [5, 5.41) is -0.0104. The molecule has 8 heteroatoms. The number of benzene rings is 1. The van der Waals surface area contributed by atoms with E-state index in [2.05, 4.69) is 20.7 Å². The second-order valence-corrected chi connectivity index (χ2v) is 8.17. The number of sulfonamides is 1. The van der Waals surface area contributed by atoms with Gasteiger partial charge in [-0.1, -0.05) is 11.6 Å². The van der Waals surface area contributed by atoms with E-state index in [1.165, 1.54) is 6.07 Å². The van der Waals surface area contributed by atoms with Gasteiger partial charge < -0.3 is 0 Å². The summed E-state index contributed by atoms with van der Waals surface area (Å²) in [6.45, 7) is 1.81. The van der Waals surface area contributed by atoms with Crippen LogP contribution in [-0.2, 0) is 10.0 Å². The van der Waals surface area contributed by atoms with Crippen molar-refractivity contribution in [2.75, 3.05) is 4.72 Å². The number of thiophene rings is 1. The van der Waals surface area contributed by atoms with Gasteiger partial charge in [-0.15, -0.1) is 11.3 Å². The summed E-state index contributed by atoms with van der Waals surface area (Å²) in [6.07, 6.45) is 0. The van der Waals surface area contributed by atoms with Gasteiger partial charge in [0.05, 0.1) is 10.7 Å². The Kier molecular flexibility index (Phi) is 4.20. The zero-order valence-corrected chi connectivity index (χ0v) is 13.6. The van der Waals surface area contributed by atoms with Crippen LogP contribution in [0, 0.1) is 12.7 Å². The summed E-state index contributed by atoms with van der Waals surface area (Å²) in [5.74, 6) is -0.549. The quantitative estimate of drug-likeness (QED) is 0.852. The fourth-order valence-corrected chi connectivity index (χ4v) is 4.85. The first kappa shape index (κ1) is 14.8. The lowest BCUT2D eigenvalue weighted by Gasteiger charge is -2.10. The van der Waals surface area contributed by atoms with Crippen molar-refractivity contribution in [3.8, 4) is 0 Å². The summed E-state index contributed by atoms with van der Waals surface area (Å²) in [4.78, 5) is 0.879. The number of anilines is 1. The molecule has 0 radical (unpaired) electrons. The van der Waals surface area contributed by atoms with Crippen LogP contribution in [0.5, 0.6) is 0 Å². The molecule has 0 amide bonds. The lowest BCUT2D eigenvalue weighted by atomic mass is 10.3. The first-order valence-electron chi connectivity index (χ1n) is 5.03. The molecule has 1 heterocycles. The van der Waals surface area contributed by atoms with Gasteiger partial charge in [-0.3, -0.25) is 4.72 Å². The van der Waals surface area contributed by atoms with Crippen molar-refractivity contribution in [3.05, 3.63) is 44.5 Å². The van der Waals surface area contributed by atoms with Crippen molar-refractivity contribution < 1.29 is 12.8 Å². The molecule has 1 N–H and O–H groups in total. The van der Waals surface area contributed by atoms with Crippen LogP contribution in [0.15, 0.2) is 32.9 Å². The number of aryl methyl sites for hydroxylation is 1. The van der Waals surface area contributed by atoms with E-state index in [0.29, 0.717) is 0 Å². The molecule has 0 aliphatic carbocycles. The molecule has 102 valence electrons. The molecular weight excluding hydrogens is 377 g/mol. The average molecular weight is 385 g/mol. The Hall–Kier alpha value is -0.630. The first-order chi connectivity index (χ1) is 8.79. The smallest absolute Gasteiger partial charge is 0.271 e. The highest BCUT2D eigenvalue weighted by Gasteiger charge is 2.19. The van der Waals surface area contributed by atoms with Gasteiger partial charge in [0.1, 0.15) is 10.0 Å². The molecule has 3 nitrogen and oxygen atoms in total. The first-order valence-corrected chi connectivity index (χ1v) is 8.50. The second-order valence-electron chi connectivity index (χ2n) is 3.72. The molecule has 0 saturated carbocycles. The normalized spacial score (nSPS) is 11.6. The van der Waals surface area contributed by atoms with Gasteiger partial charge in [0, 0.05) is 9.35 Å². The van der Waals surface area contributed by atoms with E-state index in [1.807, 2.05) is 6.92 Å². The van der Waals surface area contributed by atoms with E-state index in [-0.39, 0.29) is 19.4 Å². The van der Waals surface area contributed by atoms with Crippen LogP contribution in [0.1, 0.15) is 4.88 Å². The summed E-state index contributed by atoms with van der Waals surface area (Å²) in [5.41, 5.74) is 0.120. The van der Waals surface area contributed by atoms with E-state index >= 15 is 0 Å². The molecular formula is C11H8BrClFNO2S2. The molecule has 0 fully saturated rings. The van der Waals surface area contributed by atoms with Crippen molar-refractivity contribution in [2.24, 2.45) is 0 Å². The standard InChI is InChI=1S/C11H8BrClFNO2S2/c1-6-2-3-10(18-6)19(16,17)15-11-8(12)4-7(14)5-9(11)13/h2-5,15H,1H3. The predicted octanol–water partition coefficient (Wildman–Crippen LogP) is 4.41. The maximum absolute atomic E-state index is 13.1. The lowest BCUT2D eigenvalue weighted by Crippen LogP contribution is -2.12. The van der Waals surface area contributed by atoms with Gasteiger partial charge in [-0.2, -0.15) is 0 Å². The van der Waals surface area contributed by atoms with Crippen LogP contribution in [0.25, 0.3) is 0 Å². The molecule has 0 unspecified atom stereocenters. The Bertz CT molecular complexity index is 707. The van der Waals surface area contributed by atoms with Crippen LogP contribution >= 0.6 is 38.9 Å². The molecule has 2 aromatic rings. The van der Waals surface area contributed by atoms with Gasteiger partial charge >= 0.3 is 0 Å². The van der Waals surface area contributed by atoms with Crippen molar-refractivity contribution >= 4 is 54.6 Å². The number of hydrogen-bond donors (Lipinski definition) is 1. The summed E-state index contributed by atoms with van der Waals surface area (Å²) < 4.78 is 40.1. The fourth-order valence-electron chi connectivity index (χ4n) is 1.38. The Balaban J connectivity index is 2.41. The van der Waals surface area contributed by atoms with Crippen molar-refractivity contribution in [1.29, 1.82) is 0 Å². The van der Waals surface area contributed by atoms with Crippen LogP contribution in [0.2, 0.25) is 5.02 Å². The number of halogens is 3. The van der Waals surface area contributed by atoms with Gasteiger partial charge in [0.15, 0.2) is 0 Å². The van der Waals surface area contributed by atoms with Crippen molar-refractivity contribution in [2.45, 2.75) is 11.1 Å². The van der Waals surface area contributed by atoms with Crippen molar-refractivity contribution in [1.82, 2.24) is 0 Å². The summed E-state index contributed by atoms with van der Waals surface area (Å²) in [7, 11) is -3.72. The Morgan fingerprint density at radius 3 is 2.58 bits per heavy atom. The minimum atomic E-state index is -3.72. The third-order valence-electron chi connectivity index (χ3n) is 2.22. The zero-order chi connectivity index (χ0) is 14.2. The molecule has 1 aromatic carbocycles. The maximum Gasteiger partial charge on any atom is 0.271 e. The van der Waals surface area contributed by atoms with E-state index < -0.39 is 15.8 Å². The number of rotatable bonds is 3. The molecule has 19 heavy (non-hydrogen) atoms. The highest BCUT2D eigenvalue weighted by molar-refractivity contribution is 9.10. The SMILES string of the molecule is Cc1ccc(S(=O)(=O)Nc2c(Cl)cc(F)cc2Br)s1. The van der Waals surface area contributed by atoms with Gasteiger partial charge in [0.25, 0.3) is 10.0 Å². The number of hydrogen-bond acceptors (Lipinski definition) is 3. The monoisotopic (exact) mass is 383 g/mol. The topological polar surface area (TPSA) is 46.2 Å². The van der Waals surface area contributed by atoms with E-state index in [9.17, 15) is 12.8 Å². The molecule has 0 atom stereocenters. The van der Waals surface area contributed by atoms with Crippen LogP contribution in [0.3, 0.4) is 0 Å². The Labute approximate surface area is 127 Å². The maximum atomic E-state index is 13.1. The third-order valence-corrected chi connectivity index (χ3v) is 5.99. The van der Waals surface area contributed by atoms with Gasteiger partial charge in [0.2, 0.25) is 0 Å². The lowest BCUT2D eigenvalue weighted by molar-refractivity contribution is 0.603. The minimum absolute atomic E-state index is 0.0104. The van der Waals surface area contributed by atoms with Gasteiger partial charge in [-0.25, -0.2) is 12.8 Å². The van der Waals surface area contributed by atoms with Gasteiger partial charge in [-0.05, 0) is 47.1 Å². The van der Waals surface area contributed by atoms with Crippen LogP contribution < -0.4 is 4.72 Å². The van der Waals surface area contributed by atoms with Crippen LogP contribution in [-0.4, -0.2) is 8.42 Å². The number of nitrogens with one attached hydrogen (secondary N) is 1. The van der Waals surface area contributed by atoms with Crippen molar-refractivity contribution in [3.63, 3.8) is 0 Å². The highest BCUT2D eigenvalue weighted by Crippen LogP contribution is 2.34. The molecule has 0 aliphatic rings.